The lowest BCUT2D eigenvalue weighted by atomic mass is 10.1. The van der Waals surface area contributed by atoms with Crippen LogP contribution in [0.2, 0.25) is 0 Å². The Morgan fingerprint density at radius 3 is 2.32 bits per heavy atom. The van der Waals surface area contributed by atoms with Crippen LogP contribution >= 0.6 is 11.8 Å². The highest BCUT2D eigenvalue weighted by molar-refractivity contribution is 8.01. The Bertz CT molecular complexity index is 882. The first-order chi connectivity index (χ1) is 13.0. The maximum absolute atomic E-state index is 13.1. The molecule has 4 nitrogen and oxygen atoms in total. The van der Waals surface area contributed by atoms with Gasteiger partial charge in [-0.1, -0.05) is 20.8 Å². The second kappa shape index (κ2) is 8.57. The molecular formula is C20H19F3N2O2S. The van der Waals surface area contributed by atoms with Crippen LogP contribution in [0.5, 0.6) is 11.5 Å². The second-order valence-corrected chi connectivity index (χ2v) is 8.70. The van der Waals surface area contributed by atoms with Crippen LogP contribution in [0.3, 0.4) is 0 Å². The molecule has 0 fully saturated rings. The third-order valence-electron chi connectivity index (χ3n) is 3.43. The standard InChI is InChI=1S/C20H19F3N2O2S/c1-19(2,3)28-12-18(26)25-16-10-14(20(21,22)23)6-9-17(16)27-15-7-4-13(11-24)5-8-15/h4-10H,12H2,1-3H3,(H,25,26). The van der Waals surface area contributed by atoms with Gasteiger partial charge in [-0.05, 0) is 42.5 Å². The van der Waals surface area contributed by atoms with Gasteiger partial charge in [-0.3, -0.25) is 4.79 Å². The molecule has 148 valence electrons. The molecular weight excluding hydrogens is 389 g/mol. The number of alkyl halides is 3. The van der Waals surface area contributed by atoms with E-state index in [0.29, 0.717) is 11.3 Å². The van der Waals surface area contributed by atoms with E-state index in [0.717, 1.165) is 18.2 Å². The number of carbonyl (C=O) groups is 1. The third-order valence-corrected chi connectivity index (χ3v) is 4.70. The summed E-state index contributed by atoms with van der Waals surface area (Å²) in [4.78, 5) is 12.2. The Balaban J connectivity index is 2.28. The van der Waals surface area contributed by atoms with Gasteiger partial charge in [-0.15, -0.1) is 11.8 Å². The van der Waals surface area contributed by atoms with Crippen molar-refractivity contribution < 1.29 is 22.7 Å². The quantitative estimate of drug-likeness (QED) is 0.675. The second-order valence-electron chi connectivity index (χ2n) is 6.90. The maximum Gasteiger partial charge on any atom is 0.416 e. The molecule has 1 amide bonds. The summed E-state index contributed by atoms with van der Waals surface area (Å²) >= 11 is 1.38. The van der Waals surface area contributed by atoms with Crippen molar-refractivity contribution in [1.82, 2.24) is 0 Å². The predicted molar refractivity (Wildman–Crippen MR) is 104 cm³/mol. The van der Waals surface area contributed by atoms with Gasteiger partial charge in [0.2, 0.25) is 5.91 Å². The molecule has 2 rings (SSSR count). The van der Waals surface area contributed by atoms with Crippen molar-refractivity contribution in [2.24, 2.45) is 0 Å². The van der Waals surface area contributed by atoms with E-state index < -0.39 is 17.6 Å². The average molecular weight is 408 g/mol. The van der Waals surface area contributed by atoms with E-state index in [1.807, 2.05) is 26.8 Å². The summed E-state index contributed by atoms with van der Waals surface area (Å²) in [7, 11) is 0. The number of anilines is 1. The molecule has 2 aromatic carbocycles. The smallest absolute Gasteiger partial charge is 0.416 e. The van der Waals surface area contributed by atoms with Crippen molar-refractivity contribution in [2.45, 2.75) is 31.7 Å². The topological polar surface area (TPSA) is 62.1 Å². The van der Waals surface area contributed by atoms with Crippen molar-refractivity contribution in [3.05, 3.63) is 53.6 Å². The van der Waals surface area contributed by atoms with Gasteiger partial charge in [0.25, 0.3) is 0 Å². The molecule has 0 heterocycles. The van der Waals surface area contributed by atoms with Crippen LogP contribution < -0.4 is 10.1 Å². The number of benzene rings is 2. The highest BCUT2D eigenvalue weighted by Gasteiger charge is 2.31. The van der Waals surface area contributed by atoms with Crippen molar-refractivity contribution in [3.63, 3.8) is 0 Å². The summed E-state index contributed by atoms with van der Waals surface area (Å²) in [6.07, 6.45) is -4.55. The van der Waals surface area contributed by atoms with Gasteiger partial charge in [0.15, 0.2) is 5.75 Å². The molecule has 8 heteroatoms. The highest BCUT2D eigenvalue weighted by atomic mass is 32.2. The fraction of sp³-hybridized carbons (Fsp3) is 0.300. The Morgan fingerprint density at radius 2 is 1.79 bits per heavy atom. The van der Waals surface area contributed by atoms with E-state index in [4.69, 9.17) is 10.00 Å². The molecule has 0 bridgehead atoms. The zero-order valence-corrected chi connectivity index (χ0v) is 16.4. The number of hydrogen-bond acceptors (Lipinski definition) is 4. The fourth-order valence-corrected chi connectivity index (χ4v) is 2.72. The zero-order valence-electron chi connectivity index (χ0n) is 15.6. The summed E-state index contributed by atoms with van der Waals surface area (Å²) in [5.41, 5.74) is -0.537. The predicted octanol–water partition coefficient (Wildman–Crippen LogP) is 5.84. The van der Waals surface area contributed by atoms with Crippen LogP contribution in [0.1, 0.15) is 31.9 Å². The zero-order chi connectivity index (χ0) is 20.9. The van der Waals surface area contributed by atoms with Gasteiger partial charge in [0.1, 0.15) is 5.75 Å². The minimum atomic E-state index is -4.55. The Hall–Kier alpha value is -2.66. The summed E-state index contributed by atoms with van der Waals surface area (Å²) in [6, 6.07) is 11.0. The molecule has 0 saturated carbocycles. The molecule has 0 atom stereocenters. The first kappa shape index (κ1) is 21.6. The monoisotopic (exact) mass is 408 g/mol. The van der Waals surface area contributed by atoms with Crippen LogP contribution in [0.4, 0.5) is 18.9 Å². The summed E-state index contributed by atoms with van der Waals surface area (Å²) < 4.78 is 44.7. The summed E-state index contributed by atoms with van der Waals surface area (Å²) in [5, 5.41) is 11.3. The van der Waals surface area contributed by atoms with E-state index in [9.17, 15) is 18.0 Å². The first-order valence-electron chi connectivity index (χ1n) is 8.31. The Kier molecular flexibility index (Phi) is 6.62. The van der Waals surface area contributed by atoms with Crippen LogP contribution in [0.25, 0.3) is 0 Å². The molecule has 0 aromatic heterocycles. The number of thioether (sulfide) groups is 1. The number of carbonyl (C=O) groups excluding carboxylic acids is 1. The lowest BCUT2D eigenvalue weighted by Gasteiger charge is -2.18. The molecule has 2 aromatic rings. The van der Waals surface area contributed by atoms with Crippen LogP contribution in [-0.2, 0) is 11.0 Å². The largest absolute Gasteiger partial charge is 0.455 e. The van der Waals surface area contributed by atoms with Gasteiger partial charge in [0, 0.05) is 4.75 Å². The van der Waals surface area contributed by atoms with E-state index in [1.54, 1.807) is 0 Å². The number of nitriles is 1. The molecule has 0 unspecified atom stereocenters. The number of halogens is 3. The number of hydrogen-bond donors (Lipinski definition) is 1. The third kappa shape index (κ3) is 6.50. The van der Waals surface area contributed by atoms with E-state index >= 15 is 0 Å². The van der Waals surface area contributed by atoms with Crippen molar-refractivity contribution in [3.8, 4) is 17.6 Å². The van der Waals surface area contributed by atoms with E-state index in [1.165, 1.54) is 36.0 Å². The molecule has 0 aliphatic heterocycles. The number of ether oxygens (including phenoxy) is 1. The van der Waals surface area contributed by atoms with Crippen LogP contribution in [0.15, 0.2) is 42.5 Å². The minimum absolute atomic E-state index is 0.0707. The summed E-state index contributed by atoms with van der Waals surface area (Å²) in [5.74, 6) is 0.0739. The van der Waals surface area contributed by atoms with Gasteiger partial charge >= 0.3 is 6.18 Å². The minimum Gasteiger partial charge on any atom is -0.455 e. The van der Waals surface area contributed by atoms with Gasteiger partial charge in [-0.2, -0.15) is 18.4 Å². The SMILES string of the molecule is CC(C)(C)SCC(=O)Nc1cc(C(F)(F)F)ccc1Oc1ccc(C#N)cc1. The molecule has 0 radical (unpaired) electrons. The van der Waals surface area contributed by atoms with Gasteiger partial charge in [0.05, 0.1) is 28.6 Å². The Labute approximate surface area is 165 Å². The first-order valence-corrected chi connectivity index (χ1v) is 9.29. The fourth-order valence-electron chi connectivity index (χ4n) is 2.09. The van der Waals surface area contributed by atoms with E-state index in [-0.39, 0.29) is 21.9 Å². The highest BCUT2D eigenvalue weighted by Crippen LogP contribution is 2.37. The number of amides is 1. The Morgan fingerprint density at radius 1 is 1.14 bits per heavy atom. The molecule has 0 aliphatic rings. The molecule has 28 heavy (non-hydrogen) atoms. The maximum atomic E-state index is 13.1. The molecule has 0 saturated heterocycles. The van der Waals surface area contributed by atoms with Gasteiger partial charge in [-0.25, -0.2) is 0 Å². The number of nitrogens with zero attached hydrogens (tertiary/aromatic N) is 1. The van der Waals surface area contributed by atoms with Crippen LogP contribution in [-0.4, -0.2) is 16.4 Å². The van der Waals surface area contributed by atoms with Gasteiger partial charge < -0.3 is 10.1 Å². The number of nitrogens with one attached hydrogen (secondary N) is 1. The lowest BCUT2D eigenvalue weighted by Crippen LogP contribution is -2.19. The normalized spacial score (nSPS) is 11.6. The lowest BCUT2D eigenvalue weighted by molar-refractivity contribution is -0.137. The van der Waals surface area contributed by atoms with Crippen molar-refractivity contribution in [1.29, 1.82) is 5.26 Å². The van der Waals surface area contributed by atoms with Crippen LogP contribution in [0, 0.1) is 11.3 Å². The van der Waals surface area contributed by atoms with Crippen molar-refractivity contribution in [2.75, 3.05) is 11.1 Å². The van der Waals surface area contributed by atoms with Crippen molar-refractivity contribution >= 4 is 23.4 Å². The molecule has 1 N–H and O–H groups in total. The average Bonchev–Trinajstić information content (AvgIpc) is 2.60. The summed E-state index contributed by atoms with van der Waals surface area (Å²) in [6.45, 7) is 5.82. The molecule has 0 aliphatic carbocycles. The molecule has 0 spiro atoms. The van der Waals surface area contributed by atoms with E-state index in [2.05, 4.69) is 5.32 Å². The number of rotatable bonds is 5.